The third kappa shape index (κ3) is 2.02. The summed E-state index contributed by atoms with van der Waals surface area (Å²) in [4.78, 5) is 0. The molecule has 0 aromatic carbocycles. The Balaban J connectivity index is 1.96. The minimum atomic E-state index is 0.567. The van der Waals surface area contributed by atoms with E-state index < -0.39 is 0 Å². The molecule has 0 amide bonds. The van der Waals surface area contributed by atoms with Crippen LogP contribution in [-0.2, 0) is 4.74 Å². The number of fused-ring (bicyclic) bond motifs is 2. The van der Waals surface area contributed by atoms with Gasteiger partial charge < -0.3 is 4.74 Å². The van der Waals surface area contributed by atoms with Gasteiger partial charge in [0.25, 0.3) is 0 Å². The fourth-order valence-corrected chi connectivity index (χ4v) is 4.23. The van der Waals surface area contributed by atoms with E-state index in [-0.39, 0.29) is 0 Å². The molecule has 0 N–H and O–H groups in total. The quantitative estimate of drug-likeness (QED) is 0.705. The van der Waals surface area contributed by atoms with Gasteiger partial charge in [-0.25, -0.2) is 0 Å². The summed E-state index contributed by atoms with van der Waals surface area (Å²) in [5, 5.41) is 1.55. The Kier molecular flexibility index (Phi) is 3.49. The Bertz CT molecular complexity index is 156. The van der Waals surface area contributed by atoms with Crippen molar-refractivity contribution in [3.63, 3.8) is 0 Å². The van der Waals surface area contributed by atoms with Crippen LogP contribution in [0.25, 0.3) is 0 Å². The first-order valence-electron chi connectivity index (χ1n) is 5.06. The molecule has 76 valence electrons. The van der Waals surface area contributed by atoms with Gasteiger partial charge in [0.1, 0.15) is 0 Å². The lowest BCUT2D eigenvalue weighted by molar-refractivity contribution is -0.0741. The number of ether oxygens (including phenoxy) is 1. The fourth-order valence-electron chi connectivity index (χ4n) is 2.48. The molecular formula is C10H18OS2. The van der Waals surface area contributed by atoms with Crippen LogP contribution in [0.3, 0.4) is 0 Å². The lowest BCUT2D eigenvalue weighted by Gasteiger charge is -2.43. The zero-order valence-corrected chi connectivity index (χ0v) is 10.00. The number of hydrogen-bond donors (Lipinski definition) is 0. The molecule has 13 heavy (non-hydrogen) atoms. The maximum atomic E-state index is 6.09. The van der Waals surface area contributed by atoms with Crippen LogP contribution in [0.4, 0.5) is 0 Å². The zero-order valence-electron chi connectivity index (χ0n) is 8.36. The molecule has 0 aromatic heterocycles. The second-order valence-corrected chi connectivity index (χ2v) is 6.07. The summed E-state index contributed by atoms with van der Waals surface area (Å²) in [6.07, 6.45) is 10.9. The molecule has 2 aliphatic rings. The number of hydrogen-bond acceptors (Lipinski definition) is 3. The summed E-state index contributed by atoms with van der Waals surface area (Å²) in [5.41, 5.74) is 0. The van der Waals surface area contributed by atoms with Gasteiger partial charge in [0, 0.05) is 10.5 Å². The standard InChI is InChI=1S/C10H18OS2/c1-12-9-5-3-8-10(13-2)6-4-7(9)11-8/h7-10H,3-6H2,1-2H3/t7-,8-,9-,10-/m1/s1. The second-order valence-electron chi connectivity index (χ2n) is 3.92. The summed E-state index contributed by atoms with van der Waals surface area (Å²) < 4.78 is 6.09. The van der Waals surface area contributed by atoms with E-state index in [2.05, 4.69) is 12.5 Å². The fraction of sp³-hybridized carbons (Fsp3) is 1.00. The van der Waals surface area contributed by atoms with Crippen LogP contribution in [0, 0.1) is 0 Å². The molecule has 0 aliphatic carbocycles. The second kappa shape index (κ2) is 4.45. The number of rotatable bonds is 2. The van der Waals surface area contributed by atoms with Crippen molar-refractivity contribution in [2.24, 2.45) is 0 Å². The zero-order chi connectivity index (χ0) is 9.26. The van der Waals surface area contributed by atoms with Crippen LogP contribution in [0.5, 0.6) is 0 Å². The first-order valence-corrected chi connectivity index (χ1v) is 7.63. The molecule has 2 bridgehead atoms. The Hall–Kier alpha value is 0.660. The maximum Gasteiger partial charge on any atom is 0.0698 e. The first-order chi connectivity index (χ1) is 6.35. The molecular weight excluding hydrogens is 200 g/mol. The van der Waals surface area contributed by atoms with Crippen molar-refractivity contribution in [2.45, 2.75) is 48.4 Å². The molecule has 0 spiro atoms. The first kappa shape index (κ1) is 10.2. The average molecular weight is 218 g/mol. The van der Waals surface area contributed by atoms with Gasteiger partial charge in [0.15, 0.2) is 0 Å². The SMILES string of the molecule is CS[C@@H]1CC[C@H]2O[C@@H]1CC[C@H]2SC. The van der Waals surface area contributed by atoms with Gasteiger partial charge in [-0.1, -0.05) is 0 Å². The topological polar surface area (TPSA) is 9.23 Å². The largest absolute Gasteiger partial charge is 0.373 e. The van der Waals surface area contributed by atoms with Gasteiger partial charge in [-0.3, -0.25) is 0 Å². The van der Waals surface area contributed by atoms with Gasteiger partial charge in [-0.15, -0.1) is 0 Å². The Morgan fingerprint density at radius 3 is 1.69 bits per heavy atom. The predicted octanol–water partition coefficient (Wildman–Crippen LogP) is 2.79. The van der Waals surface area contributed by atoms with Crippen LogP contribution in [0.2, 0.25) is 0 Å². The minimum Gasteiger partial charge on any atom is -0.373 e. The summed E-state index contributed by atoms with van der Waals surface area (Å²) in [6.45, 7) is 0. The highest BCUT2D eigenvalue weighted by Gasteiger charge is 2.38. The third-order valence-electron chi connectivity index (χ3n) is 3.26. The highest BCUT2D eigenvalue weighted by molar-refractivity contribution is 7.99. The average Bonchev–Trinajstić information content (AvgIpc) is 2.19. The van der Waals surface area contributed by atoms with Crippen molar-refractivity contribution < 1.29 is 4.74 Å². The molecule has 2 aliphatic heterocycles. The third-order valence-corrected chi connectivity index (χ3v) is 5.55. The molecule has 2 rings (SSSR count). The lowest BCUT2D eigenvalue weighted by atomic mass is 9.91. The molecule has 1 nitrogen and oxygen atoms in total. The van der Waals surface area contributed by atoms with E-state index >= 15 is 0 Å². The molecule has 4 atom stereocenters. The minimum absolute atomic E-state index is 0.567. The van der Waals surface area contributed by atoms with Crippen molar-refractivity contribution in [3.05, 3.63) is 0 Å². The molecule has 0 saturated carbocycles. The van der Waals surface area contributed by atoms with Crippen LogP contribution in [0.15, 0.2) is 0 Å². The van der Waals surface area contributed by atoms with Crippen LogP contribution in [0.1, 0.15) is 25.7 Å². The Morgan fingerprint density at radius 1 is 0.846 bits per heavy atom. The normalized spacial score (nSPS) is 44.8. The predicted molar refractivity (Wildman–Crippen MR) is 61.7 cm³/mol. The van der Waals surface area contributed by atoms with E-state index in [1.165, 1.54) is 25.7 Å². The van der Waals surface area contributed by atoms with E-state index in [4.69, 9.17) is 4.74 Å². The van der Waals surface area contributed by atoms with E-state index in [0.717, 1.165) is 10.5 Å². The molecule has 2 fully saturated rings. The van der Waals surface area contributed by atoms with Crippen molar-refractivity contribution in [3.8, 4) is 0 Å². The van der Waals surface area contributed by atoms with Gasteiger partial charge in [0.05, 0.1) is 12.2 Å². The monoisotopic (exact) mass is 218 g/mol. The lowest BCUT2D eigenvalue weighted by Crippen LogP contribution is -2.46. The van der Waals surface area contributed by atoms with E-state index in [9.17, 15) is 0 Å². The van der Waals surface area contributed by atoms with E-state index in [0.29, 0.717) is 12.2 Å². The van der Waals surface area contributed by atoms with Gasteiger partial charge >= 0.3 is 0 Å². The van der Waals surface area contributed by atoms with Gasteiger partial charge in [-0.2, -0.15) is 23.5 Å². The summed E-state index contributed by atoms with van der Waals surface area (Å²) in [5.74, 6) is 0. The maximum absolute atomic E-state index is 6.09. The molecule has 2 heterocycles. The number of thioether (sulfide) groups is 2. The van der Waals surface area contributed by atoms with Gasteiger partial charge in [-0.05, 0) is 38.2 Å². The van der Waals surface area contributed by atoms with Crippen molar-refractivity contribution in [1.29, 1.82) is 0 Å². The summed E-state index contributed by atoms with van der Waals surface area (Å²) in [7, 11) is 0. The van der Waals surface area contributed by atoms with E-state index in [1.807, 2.05) is 23.5 Å². The Morgan fingerprint density at radius 2 is 1.31 bits per heavy atom. The highest BCUT2D eigenvalue weighted by atomic mass is 32.2. The smallest absolute Gasteiger partial charge is 0.0698 e. The van der Waals surface area contributed by atoms with Crippen molar-refractivity contribution in [1.82, 2.24) is 0 Å². The molecule has 0 unspecified atom stereocenters. The van der Waals surface area contributed by atoms with E-state index in [1.54, 1.807) is 0 Å². The van der Waals surface area contributed by atoms with Crippen LogP contribution < -0.4 is 0 Å². The van der Waals surface area contributed by atoms with Crippen molar-refractivity contribution in [2.75, 3.05) is 12.5 Å². The molecule has 2 saturated heterocycles. The summed E-state index contributed by atoms with van der Waals surface area (Å²) >= 11 is 3.98. The highest BCUT2D eigenvalue weighted by Crippen LogP contribution is 2.39. The Labute approximate surface area is 89.4 Å². The molecule has 0 aromatic rings. The molecule has 3 heteroatoms. The van der Waals surface area contributed by atoms with Crippen LogP contribution in [-0.4, -0.2) is 35.2 Å². The summed E-state index contributed by atoms with van der Waals surface area (Å²) in [6, 6.07) is 0. The van der Waals surface area contributed by atoms with Gasteiger partial charge in [0.2, 0.25) is 0 Å². The molecule has 0 radical (unpaired) electrons. The van der Waals surface area contributed by atoms with Crippen molar-refractivity contribution >= 4 is 23.5 Å². The van der Waals surface area contributed by atoms with Crippen LogP contribution >= 0.6 is 23.5 Å².